The summed E-state index contributed by atoms with van der Waals surface area (Å²) in [5.74, 6) is -3.14. The van der Waals surface area contributed by atoms with Crippen LogP contribution in [0.1, 0.15) is 13.8 Å². The molecule has 0 aliphatic carbocycles. The maximum absolute atomic E-state index is 13.9. The van der Waals surface area contributed by atoms with Gasteiger partial charge in [0.1, 0.15) is 5.82 Å². The van der Waals surface area contributed by atoms with Gasteiger partial charge in [-0.05, 0) is 25.5 Å². The van der Waals surface area contributed by atoms with Crippen LogP contribution in [-0.4, -0.2) is 29.1 Å². The van der Waals surface area contributed by atoms with Gasteiger partial charge in [-0.15, -0.1) is 0 Å². The molecule has 0 aromatic heterocycles. The van der Waals surface area contributed by atoms with E-state index in [1.54, 1.807) is 24.3 Å². The van der Waals surface area contributed by atoms with Crippen LogP contribution in [0.15, 0.2) is 36.4 Å². The number of hydrogen-bond acceptors (Lipinski definition) is 3. The Kier molecular flexibility index (Phi) is 6.17. The highest BCUT2D eigenvalue weighted by Gasteiger charge is 2.42. The van der Waals surface area contributed by atoms with Crippen molar-refractivity contribution in [3.8, 4) is 11.1 Å². The highest BCUT2D eigenvalue weighted by atomic mass is 28.4. The van der Waals surface area contributed by atoms with Crippen molar-refractivity contribution in [2.24, 2.45) is 0 Å². The van der Waals surface area contributed by atoms with Crippen LogP contribution < -0.4 is 5.19 Å². The summed E-state index contributed by atoms with van der Waals surface area (Å²) in [5, 5.41) is 0.709. The first-order valence-corrected chi connectivity index (χ1v) is 9.28. The van der Waals surface area contributed by atoms with Gasteiger partial charge in [0.15, 0.2) is 11.6 Å². The Morgan fingerprint density at radius 2 is 1.38 bits per heavy atom. The molecule has 0 fully saturated rings. The van der Waals surface area contributed by atoms with E-state index in [-0.39, 0.29) is 5.56 Å². The van der Waals surface area contributed by atoms with Gasteiger partial charge in [-0.1, -0.05) is 24.3 Å². The van der Waals surface area contributed by atoms with E-state index in [0.717, 1.165) is 6.07 Å². The molecule has 2 aromatic carbocycles. The third kappa shape index (κ3) is 3.70. The summed E-state index contributed by atoms with van der Waals surface area (Å²) in [6.45, 7) is 4.51. The SMILES string of the molecule is CCO[Si](OC)(OCC)c1ccc(-c2cc(F)c(F)cc2F)cc1. The molecule has 130 valence electrons. The maximum Gasteiger partial charge on any atom is 0.536 e. The molecule has 0 saturated carbocycles. The second kappa shape index (κ2) is 7.93. The van der Waals surface area contributed by atoms with Gasteiger partial charge in [-0.2, -0.15) is 0 Å². The average molecular weight is 356 g/mol. The lowest BCUT2D eigenvalue weighted by Gasteiger charge is -2.27. The minimum atomic E-state index is -3.03. The molecule has 0 aliphatic rings. The molecule has 24 heavy (non-hydrogen) atoms. The van der Waals surface area contributed by atoms with E-state index in [4.69, 9.17) is 13.3 Å². The minimum absolute atomic E-state index is 0.0158. The Morgan fingerprint density at radius 3 is 1.88 bits per heavy atom. The molecule has 7 heteroatoms. The molecule has 2 rings (SSSR count). The molecule has 0 N–H and O–H groups in total. The first kappa shape index (κ1) is 18.7. The summed E-state index contributed by atoms with van der Waals surface area (Å²) in [5.41, 5.74) is 0.403. The lowest BCUT2D eigenvalue weighted by atomic mass is 10.1. The van der Waals surface area contributed by atoms with Gasteiger partial charge in [0, 0.05) is 37.1 Å². The molecule has 0 aliphatic heterocycles. The summed E-state index contributed by atoms with van der Waals surface area (Å²) < 4.78 is 57.3. The molecular weight excluding hydrogens is 337 g/mol. The standard InChI is InChI=1S/C17H19F3O3Si/c1-4-22-24(21-3,23-5-2)13-8-6-12(7-9-13)14-10-16(19)17(20)11-15(14)18/h6-11H,4-5H2,1-3H3. The minimum Gasteiger partial charge on any atom is -0.373 e. The zero-order chi connectivity index (χ0) is 17.7. The molecular formula is C17H19F3O3Si. The Morgan fingerprint density at radius 1 is 0.833 bits per heavy atom. The first-order chi connectivity index (χ1) is 11.5. The van der Waals surface area contributed by atoms with Crippen LogP contribution >= 0.6 is 0 Å². The molecule has 3 nitrogen and oxygen atoms in total. The maximum atomic E-state index is 13.9. The van der Waals surface area contributed by atoms with Gasteiger partial charge in [0.2, 0.25) is 0 Å². The number of benzene rings is 2. The normalized spacial score (nSPS) is 11.8. The van der Waals surface area contributed by atoms with Crippen molar-refractivity contribution in [2.75, 3.05) is 20.3 Å². The number of hydrogen-bond donors (Lipinski definition) is 0. The summed E-state index contributed by atoms with van der Waals surface area (Å²) in [6.07, 6.45) is 0. The summed E-state index contributed by atoms with van der Waals surface area (Å²) in [7, 11) is -1.52. The lowest BCUT2D eigenvalue weighted by Crippen LogP contribution is -2.56. The highest BCUT2D eigenvalue weighted by molar-refractivity contribution is 6.75. The van der Waals surface area contributed by atoms with Crippen molar-refractivity contribution in [2.45, 2.75) is 13.8 Å². The molecule has 0 amide bonds. The molecule has 0 heterocycles. The molecule has 2 aromatic rings. The van der Waals surface area contributed by atoms with Crippen molar-refractivity contribution in [3.05, 3.63) is 53.8 Å². The van der Waals surface area contributed by atoms with Crippen LogP contribution in [0.2, 0.25) is 0 Å². The summed E-state index contributed by atoms with van der Waals surface area (Å²) in [4.78, 5) is 0. The van der Waals surface area contributed by atoms with Crippen molar-refractivity contribution >= 4 is 14.0 Å². The van der Waals surface area contributed by atoms with E-state index in [1.807, 2.05) is 13.8 Å². The monoisotopic (exact) mass is 356 g/mol. The molecule has 0 spiro atoms. The van der Waals surface area contributed by atoms with Gasteiger partial charge in [0.25, 0.3) is 0 Å². The Labute approximate surface area is 140 Å². The van der Waals surface area contributed by atoms with Crippen molar-refractivity contribution in [1.29, 1.82) is 0 Å². The zero-order valence-electron chi connectivity index (χ0n) is 13.7. The van der Waals surface area contributed by atoms with Crippen LogP contribution in [0.25, 0.3) is 11.1 Å². The van der Waals surface area contributed by atoms with Crippen LogP contribution in [-0.2, 0) is 13.3 Å². The van der Waals surface area contributed by atoms with Crippen molar-refractivity contribution in [1.82, 2.24) is 0 Å². The average Bonchev–Trinajstić information content (AvgIpc) is 2.58. The molecule has 0 saturated heterocycles. The highest BCUT2D eigenvalue weighted by Crippen LogP contribution is 2.25. The molecule has 0 radical (unpaired) electrons. The van der Waals surface area contributed by atoms with E-state index < -0.39 is 26.3 Å². The van der Waals surface area contributed by atoms with E-state index in [0.29, 0.717) is 30.0 Å². The van der Waals surface area contributed by atoms with E-state index in [1.165, 1.54) is 7.11 Å². The predicted octanol–water partition coefficient (Wildman–Crippen LogP) is 3.64. The lowest BCUT2D eigenvalue weighted by molar-refractivity contribution is 0.102. The van der Waals surface area contributed by atoms with Crippen LogP contribution in [0.4, 0.5) is 13.2 Å². The number of rotatable bonds is 7. The first-order valence-electron chi connectivity index (χ1n) is 7.56. The van der Waals surface area contributed by atoms with Gasteiger partial charge < -0.3 is 13.3 Å². The third-order valence-corrected chi connectivity index (χ3v) is 6.41. The van der Waals surface area contributed by atoms with Crippen molar-refractivity contribution < 1.29 is 26.4 Å². The smallest absolute Gasteiger partial charge is 0.373 e. The molecule has 0 atom stereocenters. The second-order valence-electron chi connectivity index (χ2n) is 4.95. The fraction of sp³-hybridized carbons (Fsp3) is 0.294. The molecule has 0 bridgehead atoms. The van der Waals surface area contributed by atoms with Gasteiger partial charge >= 0.3 is 8.80 Å². The zero-order valence-corrected chi connectivity index (χ0v) is 14.7. The van der Waals surface area contributed by atoms with Crippen LogP contribution in [0, 0.1) is 17.5 Å². The Bertz CT molecular complexity index is 686. The van der Waals surface area contributed by atoms with Crippen LogP contribution in [0.5, 0.6) is 0 Å². The van der Waals surface area contributed by atoms with E-state index in [9.17, 15) is 13.2 Å². The second-order valence-corrected chi connectivity index (χ2v) is 7.63. The topological polar surface area (TPSA) is 27.7 Å². The predicted molar refractivity (Wildman–Crippen MR) is 87.4 cm³/mol. The van der Waals surface area contributed by atoms with Gasteiger partial charge in [-0.3, -0.25) is 0 Å². The number of halogens is 3. The third-order valence-electron chi connectivity index (χ3n) is 3.50. The largest absolute Gasteiger partial charge is 0.536 e. The summed E-state index contributed by atoms with van der Waals surface area (Å²) in [6, 6.07) is 7.96. The van der Waals surface area contributed by atoms with E-state index in [2.05, 4.69) is 0 Å². The van der Waals surface area contributed by atoms with Crippen LogP contribution in [0.3, 0.4) is 0 Å². The Hall–Kier alpha value is -1.67. The fourth-order valence-corrected chi connectivity index (χ4v) is 4.64. The quantitative estimate of drug-likeness (QED) is 0.560. The van der Waals surface area contributed by atoms with Gasteiger partial charge in [-0.25, -0.2) is 13.2 Å². The van der Waals surface area contributed by atoms with E-state index >= 15 is 0 Å². The summed E-state index contributed by atoms with van der Waals surface area (Å²) >= 11 is 0. The molecule has 0 unspecified atom stereocenters. The fourth-order valence-electron chi connectivity index (χ4n) is 2.42. The van der Waals surface area contributed by atoms with Crippen molar-refractivity contribution in [3.63, 3.8) is 0 Å². The van der Waals surface area contributed by atoms with Gasteiger partial charge in [0.05, 0.1) is 0 Å². The Balaban J connectivity index is 2.41.